The molecule has 2 nitrogen and oxygen atoms in total. The molecule has 2 N–H and O–H groups in total. The monoisotopic (exact) mass is 212 g/mol. The van der Waals surface area contributed by atoms with E-state index >= 15 is 0 Å². The van der Waals surface area contributed by atoms with Gasteiger partial charge in [0, 0.05) is 23.3 Å². The Balaban J connectivity index is 2.57. The van der Waals surface area contributed by atoms with Crippen LogP contribution in [0.2, 0.25) is 0 Å². The SMILES string of the molecule is OC1=c2cc3ccccc3cc2=C(O)CC1. The van der Waals surface area contributed by atoms with Crippen LogP contribution in [-0.4, -0.2) is 10.2 Å². The van der Waals surface area contributed by atoms with E-state index in [9.17, 15) is 10.2 Å². The smallest absolute Gasteiger partial charge is 0.101 e. The molecular weight excluding hydrogens is 200 g/mol. The lowest BCUT2D eigenvalue weighted by Crippen LogP contribution is -2.32. The molecule has 0 heterocycles. The number of benzene rings is 2. The molecule has 0 saturated heterocycles. The number of hydrogen-bond donors (Lipinski definition) is 2. The lowest BCUT2D eigenvalue weighted by Gasteiger charge is -2.09. The Morgan fingerprint density at radius 1 is 0.750 bits per heavy atom. The average Bonchev–Trinajstić information content (AvgIpc) is 2.32. The third-order valence-electron chi connectivity index (χ3n) is 3.11. The number of rotatable bonds is 0. The highest BCUT2D eigenvalue weighted by atomic mass is 16.3. The number of hydrogen-bond acceptors (Lipinski definition) is 2. The predicted octanol–water partition coefficient (Wildman–Crippen LogP) is 1.97. The van der Waals surface area contributed by atoms with Gasteiger partial charge >= 0.3 is 0 Å². The lowest BCUT2D eigenvalue weighted by atomic mass is 10.0. The minimum absolute atomic E-state index is 0.374. The van der Waals surface area contributed by atoms with Crippen LogP contribution in [0.1, 0.15) is 12.8 Å². The van der Waals surface area contributed by atoms with Gasteiger partial charge in [0.05, 0.1) is 0 Å². The van der Waals surface area contributed by atoms with E-state index in [1.807, 2.05) is 36.4 Å². The van der Waals surface area contributed by atoms with Gasteiger partial charge in [-0.25, -0.2) is 0 Å². The zero-order chi connectivity index (χ0) is 11.1. The molecule has 0 spiro atoms. The Labute approximate surface area is 92.8 Å². The van der Waals surface area contributed by atoms with E-state index in [-0.39, 0.29) is 0 Å². The normalized spacial score (nSPS) is 15.2. The van der Waals surface area contributed by atoms with E-state index in [0.29, 0.717) is 24.4 Å². The van der Waals surface area contributed by atoms with Gasteiger partial charge in [-0.15, -0.1) is 0 Å². The second-order valence-electron chi connectivity index (χ2n) is 4.14. The maximum absolute atomic E-state index is 9.83. The van der Waals surface area contributed by atoms with Crippen molar-refractivity contribution in [1.82, 2.24) is 0 Å². The summed E-state index contributed by atoms with van der Waals surface area (Å²) in [7, 11) is 0. The van der Waals surface area contributed by atoms with Gasteiger partial charge in [-0.1, -0.05) is 24.3 Å². The van der Waals surface area contributed by atoms with Crippen molar-refractivity contribution in [2.45, 2.75) is 12.8 Å². The first-order chi connectivity index (χ1) is 7.75. The van der Waals surface area contributed by atoms with Crippen molar-refractivity contribution < 1.29 is 10.2 Å². The van der Waals surface area contributed by atoms with Gasteiger partial charge in [0.15, 0.2) is 0 Å². The highest BCUT2D eigenvalue weighted by Gasteiger charge is 2.09. The number of aliphatic hydroxyl groups is 2. The van der Waals surface area contributed by atoms with Gasteiger partial charge in [-0.3, -0.25) is 0 Å². The standard InChI is InChI=1S/C14H12O2/c15-13-5-6-14(16)12-8-10-4-2-1-3-9(10)7-11(12)13/h1-4,7-8,15-16H,5-6H2. The Bertz CT molecular complexity index is 623. The highest BCUT2D eigenvalue weighted by Crippen LogP contribution is 2.13. The van der Waals surface area contributed by atoms with Gasteiger partial charge in [0.25, 0.3) is 0 Å². The Kier molecular flexibility index (Phi) is 1.90. The summed E-state index contributed by atoms with van der Waals surface area (Å²) in [5, 5.41) is 23.4. The van der Waals surface area contributed by atoms with E-state index in [4.69, 9.17) is 0 Å². The molecule has 0 amide bonds. The van der Waals surface area contributed by atoms with E-state index in [0.717, 1.165) is 21.2 Å². The summed E-state index contributed by atoms with van der Waals surface area (Å²) in [5.74, 6) is 0.747. The van der Waals surface area contributed by atoms with Crippen LogP contribution in [0.15, 0.2) is 36.4 Å². The fourth-order valence-corrected chi connectivity index (χ4v) is 2.22. The van der Waals surface area contributed by atoms with Crippen molar-refractivity contribution in [1.29, 1.82) is 0 Å². The molecule has 1 aliphatic rings. The van der Waals surface area contributed by atoms with Crippen LogP contribution >= 0.6 is 0 Å². The summed E-state index contributed by atoms with van der Waals surface area (Å²) in [6.07, 6.45) is 1.05. The zero-order valence-corrected chi connectivity index (χ0v) is 8.77. The molecule has 0 radical (unpaired) electrons. The van der Waals surface area contributed by atoms with E-state index in [1.165, 1.54) is 0 Å². The number of fused-ring (bicyclic) bond motifs is 2. The first kappa shape index (κ1) is 9.28. The molecule has 2 aromatic rings. The van der Waals surface area contributed by atoms with Crippen molar-refractivity contribution in [3.8, 4) is 0 Å². The van der Waals surface area contributed by atoms with Crippen molar-refractivity contribution >= 4 is 22.3 Å². The third kappa shape index (κ3) is 1.27. The molecule has 3 rings (SSSR count). The van der Waals surface area contributed by atoms with Crippen LogP contribution in [0.3, 0.4) is 0 Å². The summed E-state index contributed by atoms with van der Waals surface area (Å²) >= 11 is 0. The second-order valence-corrected chi connectivity index (χ2v) is 4.14. The molecule has 16 heavy (non-hydrogen) atoms. The summed E-state index contributed by atoms with van der Waals surface area (Å²) < 4.78 is 0. The Morgan fingerprint density at radius 2 is 1.19 bits per heavy atom. The average molecular weight is 212 g/mol. The summed E-state index contributed by atoms with van der Waals surface area (Å²) in [4.78, 5) is 0. The van der Waals surface area contributed by atoms with E-state index < -0.39 is 0 Å². The summed E-state index contributed by atoms with van der Waals surface area (Å²) in [6, 6.07) is 11.8. The quantitative estimate of drug-likeness (QED) is 0.701. The molecule has 2 heteroatoms. The molecule has 2 aromatic carbocycles. The largest absolute Gasteiger partial charge is 0.512 e. The predicted molar refractivity (Wildman–Crippen MR) is 64.5 cm³/mol. The molecule has 0 unspecified atom stereocenters. The third-order valence-corrected chi connectivity index (χ3v) is 3.11. The first-order valence-corrected chi connectivity index (χ1v) is 5.39. The van der Waals surface area contributed by atoms with Crippen molar-refractivity contribution in [3.63, 3.8) is 0 Å². The molecule has 80 valence electrons. The van der Waals surface area contributed by atoms with Crippen molar-refractivity contribution in [2.24, 2.45) is 0 Å². The first-order valence-electron chi connectivity index (χ1n) is 5.39. The van der Waals surface area contributed by atoms with Crippen LogP contribution in [0.25, 0.3) is 22.3 Å². The van der Waals surface area contributed by atoms with Gasteiger partial charge in [0.2, 0.25) is 0 Å². The fraction of sp³-hybridized carbons (Fsp3) is 0.143. The van der Waals surface area contributed by atoms with Gasteiger partial charge in [0.1, 0.15) is 11.5 Å². The summed E-state index contributed by atoms with van der Waals surface area (Å²) in [5.41, 5.74) is 0. The van der Waals surface area contributed by atoms with Crippen LogP contribution in [0.5, 0.6) is 0 Å². The van der Waals surface area contributed by atoms with Crippen LogP contribution < -0.4 is 10.4 Å². The molecule has 0 fully saturated rings. The minimum Gasteiger partial charge on any atom is -0.512 e. The highest BCUT2D eigenvalue weighted by molar-refractivity contribution is 5.83. The maximum Gasteiger partial charge on any atom is 0.101 e. The van der Waals surface area contributed by atoms with Crippen LogP contribution in [0, 0.1) is 0 Å². The minimum atomic E-state index is 0.374. The van der Waals surface area contributed by atoms with Crippen molar-refractivity contribution in [2.75, 3.05) is 0 Å². The van der Waals surface area contributed by atoms with E-state index in [2.05, 4.69) is 0 Å². The zero-order valence-electron chi connectivity index (χ0n) is 8.77. The molecular formula is C14H12O2. The van der Waals surface area contributed by atoms with E-state index in [1.54, 1.807) is 0 Å². The Morgan fingerprint density at radius 3 is 1.62 bits per heavy atom. The molecule has 0 aliphatic heterocycles. The lowest BCUT2D eigenvalue weighted by molar-refractivity contribution is 0.441. The molecule has 0 atom stereocenters. The topological polar surface area (TPSA) is 40.5 Å². The molecule has 0 aromatic heterocycles. The Hall–Kier alpha value is -1.96. The summed E-state index contributed by atoms with van der Waals surface area (Å²) in [6.45, 7) is 0. The van der Waals surface area contributed by atoms with Crippen LogP contribution in [0.4, 0.5) is 0 Å². The molecule has 0 bridgehead atoms. The van der Waals surface area contributed by atoms with Gasteiger partial charge in [-0.05, 0) is 22.9 Å². The second kappa shape index (κ2) is 3.27. The number of aliphatic hydroxyl groups excluding tert-OH is 2. The van der Waals surface area contributed by atoms with Crippen molar-refractivity contribution in [3.05, 3.63) is 46.8 Å². The fourth-order valence-electron chi connectivity index (χ4n) is 2.22. The maximum atomic E-state index is 9.83. The van der Waals surface area contributed by atoms with Gasteiger partial charge < -0.3 is 10.2 Å². The molecule has 1 aliphatic carbocycles. The molecule has 0 saturated carbocycles. The van der Waals surface area contributed by atoms with Crippen LogP contribution in [-0.2, 0) is 0 Å². The van der Waals surface area contributed by atoms with Gasteiger partial charge in [-0.2, -0.15) is 0 Å².